The van der Waals surface area contributed by atoms with Gasteiger partial charge in [0.25, 0.3) is 0 Å². The van der Waals surface area contributed by atoms with Crippen molar-refractivity contribution in [2.45, 2.75) is 6.61 Å². The summed E-state index contributed by atoms with van der Waals surface area (Å²) >= 11 is 0. The second kappa shape index (κ2) is 7.46. The Morgan fingerprint density at radius 3 is 2.67 bits per heavy atom. The monoisotopic (exact) mass is 322 g/mol. The number of benzene rings is 2. The average Bonchev–Trinajstić information content (AvgIpc) is 2.65. The van der Waals surface area contributed by atoms with Crippen LogP contribution in [0.5, 0.6) is 11.5 Å². The van der Waals surface area contributed by atoms with Crippen molar-refractivity contribution in [2.24, 2.45) is 5.16 Å². The Balaban J connectivity index is 1.68. The van der Waals surface area contributed by atoms with E-state index in [9.17, 15) is 0 Å². The Hall–Kier alpha value is -3.08. The first-order chi connectivity index (χ1) is 11.8. The molecule has 0 fully saturated rings. The highest BCUT2D eigenvalue weighted by Gasteiger charge is 2.04. The topological polar surface area (TPSA) is 52.9 Å². The van der Waals surface area contributed by atoms with Crippen molar-refractivity contribution in [3.63, 3.8) is 0 Å². The summed E-state index contributed by atoms with van der Waals surface area (Å²) in [7, 11) is 3.20. The van der Waals surface area contributed by atoms with E-state index in [2.05, 4.69) is 10.1 Å². The number of hydrogen-bond donors (Lipinski definition) is 0. The van der Waals surface area contributed by atoms with Gasteiger partial charge in [-0.3, -0.25) is 4.98 Å². The first-order valence-corrected chi connectivity index (χ1v) is 7.52. The molecule has 0 unspecified atom stereocenters. The Bertz CT molecular complexity index is 857. The van der Waals surface area contributed by atoms with E-state index in [0.29, 0.717) is 18.1 Å². The van der Waals surface area contributed by atoms with Gasteiger partial charge in [0.15, 0.2) is 11.5 Å². The SMILES string of the molecule is COc1ccc(/C=N/OCc2cccc3cccnc23)cc1OC. The van der Waals surface area contributed by atoms with Gasteiger partial charge >= 0.3 is 0 Å². The first kappa shape index (κ1) is 15.8. The van der Waals surface area contributed by atoms with Gasteiger partial charge in [-0.2, -0.15) is 0 Å². The number of rotatable bonds is 6. The molecule has 3 aromatic rings. The van der Waals surface area contributed by atoms with Crippen molar-refractivity contribution in [3.8, 4) is 11.5 Å². The van der Waals surface area contributed by atoms with Crippen molar-refractivity contribution in [3.05, 3.63) is 65.9 Å². The predicted octanol–water partition coefficient (Wildman–Crippen LogP) is 3.80. The Labute approximate surface area is 140 Å². The molecule has 2 aromatic carbocycles. The lowest BCUT2D eigenvalue weighted by Gasteiger charge is -2.07. The zero-order valence-electron chi connectivity index (χ0n) is 13.6. The standard InChI is InChI=1S/C19H18N2O3/c1-22-17-9-8-14(11-18(17)23-2)12-21-24-13-16-6-3-5-15-7-4-10-20-19(15)16/h3-12H,13H2,1-2H3/b21-12+. The zero-order valence-corrected chi connectivity index (χ0v) is 13.6. The molecular weight excluding hydrogens is 304 g/mol. The first-order valence-electron chi connectivity index (χ1n) is 7.52. The third-order valence-corrected chi connectivity index (χ3v) is 3.62. The number of pyridine rings is 1. The van der Waals surface area contributed by atoms with Gasteiger partial charge in [0, 0.05) is 22.7 Å². The second-order valence-electron chi connectivity index (χ2n) is 5.11. The zero-order chi connectivity index (χ0) is 16.8. The summed E-state index contributed by atoms with van der Waals surface area (Å²) in [6.45, 7) is 0.359. The van der Waals surface area contributed by atoms with Crippen molar-refractivity contribution < 1.29 is 14.3 Å². The molecule has 5 heteroatoms. The van der Waals surface area contributed by atoms with Gasteiger partial charge < -0.3 is 14.3 Å². The number of nitrogens with zero attached hydrogens (tertiary/aromatic N) is 2. The molecule has 0 aliphatic carbocycles. The summed E-state index contributed by atoms with van der Waals surface area (Å²) in [6, 6.07) is 15.5. The van der Waals surface area contributed by atoms with Crippen LogP contribution in [0, 0.1) is 0 Å². The molecule has 0 aliphatic rings. The lowest BCUT2D eigenvalue weighted by Crippen LogP contribution is -1.93. The van der Waals surface area contributed by atoms with Gasteiger partial charge in [0.05, 0.1) is 26.0 Å². The summed E-state index contributed by atoms with van der Waals surface area (Å²) in [5.41, 5.74) is 2.79. The highest BCUT2D eigenvalue weighted by Crippen LogP contribution is 2.26. The van der Waals surface area contributed by atoms with Crippen LogP contribution in [0.4, 0.5) is 0 Å². The molecule has 1 aromatic heterocycles. The van der Waals surface area contributed by atoms with E-state index in [1.807, 2.05) is 48.5 Å². The van der Waals surface area contributed by atoms with Crippen LogP contribution < -0.4 is 9.47 Å². The molecule has 0 N–H and O–H groups in total. The molecule has 24 heavy (non-hydrogen) atoms. The molecule has 0 aliphatic heterocycles. The number of oxime groups is 1. The van der Waals surface area contributed by atoms with Crippen molar-refractivity contribution in [1.82, 2.24) is 4.98 Å². The highest BCUT2D eigenvalue weighted by molar-refractivity contribution is 5.81. The summed E-state index contributed by atoms with van der Waals surface area (Å²) in [4.78, 5) is 9.82. The van der Waals surface area contributed by atoms with Crippen LogP contribution in [0.15, 0.2) is 59.9 Å². The van der Waals surface area contributed by atoms with Crippen molar-refractivity contribution in [2.75, 3.05) is 14.2 Å². The number of methoxy groups -OCH3 is 2. The molecule has 0 amide bonds. The second-order valence-corrected chi connectivity index (χ2v) is 5.11. The van der Waals surface area contributed by atoms with Crippen molar-refractivity contribution in [1.29, 1.82) is 0 Å². The summed E-state index contributed by atoms with van der Waals surface area (Å²) in [6.07, 6.45) is 3.42. The smallest absolute Gasteiger partial charge is 0.161 e. The van der Waals surface area contributed by atoms with Gasteiger partial charge in [-0.05, 0) is 24.3 Å². The van der Waals surface area contributed by atoms with E-state index in [1.54, 1.807) is 26.6 Å². The highest BCUT2D eigenvalue weighted by atomic mass is 16.6. The van der Waals surface area contributed by atoms with E-state index in [4.69, 9.17) is 14.3 Å². The van der Waals surface area contributed by atoms with Gasteiger partial charge in [0.1, 0.15) is 6.61 Å². The van der Waals surface area contributed by atoms with Gasteiger partial charge in [-0.25, -0.2) is 0 Å². The van der Waals surface area contributed by atoms with Gasteiger partial charge in [-0.1, -0.05) is 29.4 Å². The van der Waals surface area contributed by atoms with Gasteiger partial charge in [-0.15, -0.1) is 0 Å². The van der Waals surface area contributed by atoms with E-state index < -0.39 is 0 Å². The molecule has 0 saturated heterocycles. The molecule has 0 bridgehead atoms. The quantitative estimate of drug-likeness (QED) is 0.511. The minimum atomic E-state index is 0.359. The fourth-order valence-corrected chi connectivity index (χ4v) is 2.42. The molecule has 1 heterocycles. The van der Waals surface area contributed by atoms with Crippen LogP contribution in [0.25, 0.3) is 10.9 Å². The van der Waals surface area contributed by atoms with Crippen LogP contribution in [0.2, 0.25) is 0 Å². The largest absolute Gasteiger partial charge is 0.493 e. The Morgan fingerprint density at radius 2 is 1.83 bits per heavy atom. The maximum Gasteiger partial charge on any atom is 0.161 e. The van der Waals surface area contributed by atoms with E-state index in [-0.39, 0.29) is 0 Å². The Kier molecular flexibility index (Phi) is 4.91. The van der Waals surface area contributed by atoms with Gasteiger partial charge in [0.2, 0.25) is 0 Å². The minimum absolute atomic E-state index is 0.359. The number of hydrogen-bond acceptors (Lipinski definition) is 5. The molecule has 0 saturated carbocycles. The van der Waals surface area contributed by atoms with E-state index >= 15 is 0 Å². The van der Waals surface area contributed by atoms with Crippen molar-refractivity contribution >= 4 is 17.1 Å². The van der Waals surface area contributed by atoms with E-state index in [1.165, 1.54) is 0 Å². The number of ether oxygens (including phenoxy) is 2. The van der Waals surface area contributed by atoms with Crippen LogP contribution in [0.3, 0.4) is 0 Å². The summed E-state index contributed by atoms with van der Waals surface area (Å²) in [5, 5.41) is 5.11. The third kappa shape index (κ3) is 3.46. The third-order valence-electron chi connectivity index (χ3n) is 3.62. The van der Waals surface area contributed by atoms with Crippen LogP contribution >= 0.6 is 0 Å². The lowest BCUT2D eigenvalue weighted by atomic mass is 10.1. The molecule has 3 rings (SSSR count). The van der Waals surface area contributed by atoms with Crippen LogP contribution in [0.1, 0.15) is 11.1 Å². The molecule has 122 valence electrons. The Morgan fingerprint density at radius 1 is 1.00 bits per heavy atom. The number of fused-ring (bicyclic) bond motifs is 1. The molecule has 0 radical (unpaired) electrons. The molecule has 5 nitrogen and oxygen atoms in total. The number of para-hydroxylation sites is 1. The maximum absolute atomic E-state index is 5.42. The molecule has 0 spiro atoms. The molecule has 0 atom stereocenters. The van der Waals surface area contributed by atoms with E-state index in [0.717, 1.165) is 22.0 Å². The normalized spacial score (nSPS) is 10.9. The molecular formula is C19H18N2O3. The van der Waals surface area contributed by atoms with Crippen LogP contribution in [-0.2, 0) is 11.4 Å². The lowest BCUT2D eigenvalue weighted by molar-refractivity contribution is 0.133. The fraction of sp³-hybridized carbons (Fsp3) is 0.158. The van der Waals surface area contributed by atoms with Crippen LogP contribution in [-0.4, -0.2) is 25.4 Å². The fourth-order valence-electron chi connectivity index (χ4n) is 2.42. The average molecular weight is 322 g/mol. The predicted molar refractivity (Wildman–Crippen MR) is 93.7 cm³/mol. The number of aromatic nitrogens is 1. The summed E-state index contributed by atoms with van der Waals surface area (Å²) < 4.78 is 10.5. The minimum Gasteiger partial charge on any atom is -0.493 e. The maximum atomic E-state index is 5.42. The summed E-state index contributed by atoms with van der Waals surface area (Å²) in [5.74, 6) is 1.33.